The van der Waals surface area contributed by atoms with Crippen LogP contribution in [0.15, 0.2) is 0 Å². The molecule has 0 rings (SSSR count). The SMILES string of the molecule is CC(C)CCOCCOC(=O)C(C)C. The van der Waals surface area contributed by atoms with E-state index in [0.717, 1.165) is 13.0 Å². The summed E-state index contributed by atoms with van der Waals surface area (Å²) >= 11 is 0. The van der Waals surface area contributed by atoms with E-state index in [1.165, 1.54) is 0 Å². The fourth-order valence-electron chi connectivity index (χ4n) is 0.789. The van der Waals surface area contributed by atoms with E-state index in [9.17, 15) is 4.79 Å². The van der Waals surface area contributed by atoms with Gasteiger partial charge in [-0.05, 0) is 12.3 Å². The van der Waals surface area contributed by atoms with Gasteiger partial charge in [0.15, 0.2) is 0 Å². The monoisotopic (exact) mass is 202 g/mol. The first-order valence-electron chi connectivity index (χ1n) is 5.28. The van der Waals surface area contributed by atoms with Crippen LogP contribution in [0.5, 0.6) is 0 Å². The van der Waals surface area contributed by atoms with E-state index >= 15 is 0 Å². The average molecular weight is 202 g/mol. The van der Waals surface area contributed by atoms with Crippen LogP contribution in [0.1, 0.15) is 34.1 Å². The number of hydrogen-bond acceptors (Lipinski definition) is 3. The predicted molar refractivity (Wildman–Crippen MR) is 56.1 cm³/mol. The van der Waals surface area contributed by atoms with Crippen LogP contribution in [-0.4, -0.2) is 25.8 Å². The van der Waals surface area contributed by atoms with Crippen molar-refractivity contribution < 1.29 is 14.3 Å². The fraction of sp³-hybridized carbons (Fsp3) is 0.909. The maximum absolute atomic E-state index is 11.0. The van der Waals surface area contributed by atoms with Crippen molar-refractivity contribution in [3.05, 3.63) is 0 Å². The Morgan fingerprint density at radius 1 is 1.07 bits per heavy atom. The lowest BCUT2D eigenvalue weighted by atomic mass is 10.1. The first kappa shape index (κ1) is 13.4. The Balaban J connectivity index is 3.18. The first-order valence-corrected chi connectivity index (χ1v) is 5.28. The van der Waals surface area contributed by atoms with Crippen LogP contribution in [-0.2, 0) is 14.3 Å². The van der Waals surface area contributed by atoms with Gasteiger partial charge in [-0.25, -0.2) is 0 Å². The molecular formula is C11H22O3. The molecule has 0 saturated carbocycles. The molecule has 0 aliphatic heterocycles. The molecular weight excluding hydrogens is 180 g/mol. The maximum atomic E-state index is 11.0. The second-order valence-electron chi connectivity index (χ2n) is 4.12. The zero-order valence-electron chi connectivity index (χ0n) is 9.71. The van der Waals surface area contributed by atoms with Gasteiger partial charge in [0.25, 0.3) is 0 Å². The normalized spacial score (nSPS) is 11.0. The molecule has 0 saturated heterocycles. The minimum atomic E-state index is -0.155. The molecule has 3 nitrogen and oxygen atoms in total. The van der Waals surface area contributed by atoms with Crippen LogP contribution in [0.4, 0.5) is 0 Å². The van der Waals surface area contributed by atoms with Crippen molar-refractivity contribution in [3.8, 4) is 0 Å². The van der Waals surface area contributed by atoms with E-state index in [2.05, 4.69) is 13.8 Å². The summed E-state index contributed by atoms with van der Waals surface area (Å²) in [4.78, 5) is 11.0. The standard InChI is InChI=1S/C11H22O3/c1-9(2)5-6-13-7-8-14-11(12)10(3)4/h9-10H,5-8H2,1-4H3. The van der Waals surface area contributed by atoms with E-state index in [4.69, 9.17) is 9.47 Å². The molecule has 0 fully saturated rings. The van der Waals surface area contributed by atoms with Crippen molar-refractivity contribution in [2.24, 2.45) is 11.8 Å². The quantitative estimate of drug-likeness (QED) is 0.469. The van der Waals surface area contributed by atoms with Crippen molar-refractivity contribution in [1.29, 1.82) is 0 Å². The Morgan fingerprint density at radius 3 is 2.21 bits per heavy atom. The van der Waals surface area contributed by atoms with E-state index < -0.39 is 0 Å². The van der Waals surface area contributed by atoms with Crippen LogP contribution in [0.2, 0.25) is 0 Å². The number of ether oxygens (including phenoxy) is 2. The molecule has 14 heavy (non-hydrogen) atoms. The molecule has 0 aliphatic carbocycles. The average Bonchev–Trinajstić information content (AvgIpc) is 2.09. The van der Waals surface area contributed by atoms with Crippen LogP contribution in [0, 0.1) is 11.8 Å². The van der Waals surface area contributed by atoms with E-state index in [-0.39, 0.29) is 11.9 Å². The van der Waals surface area contributed by atoms with Gasteiger partial charge in [-0.3, -0.25) is 4.79 Å². The molecule has 0 aromatic rings. The molecule has 0 aromatic heterocycles. The molecule has 0 unspecified atom stereocenters. The molecule has 0 spiro atoms. The minimum absolute atomic E-state index is 0.0503. The third kappa shape index (κ3) is 8.05. The molecule has 3 heteroatoms. The molecule has 0 N–H and O–H groups in total. The smallest absolute Gasteiger partial charge is 0.308 e. The van der Waals surface area contributed by atoms with E-state index in [1.54, 1.807) is 0 Å². The van der Waals surface area contributed by atoms with Crippen molar-refractivity contribution in [2.45, 2.75) is 34.1 Å². The number of esters is 1. The van der Waals surface area contributed by atoms with Crippen molar-refractivity contribution >= 4 is 5.97 Å². The first-order chi connectivity index (χ1) is 6.54. The van der Waals surface area contributed by atoms with Crippen LogP contribution in [0.3, 0.4) is 0 Å². The van der Waals surface area contributed by atoms with Gasteiger partial charge in [-0.15, -0.1) is 0 Å². The van der Waals surface area contributed by atoms with Gasteiger partial charge in [0, 0.05) is 6.61 Å². The van der Waals surface area contributed by atoms with Gasteiger partial charge in [0.1, 0.15) is 6.61 Å². The Hall–Kier alpha value is -0.570. The van der Waals surface area contributed by atoms with Gasteiger partial charge < -0.3 is 9.47 Å². The summed E-state index contributed by atoms with van der Waals surface area (Å²) < 4.78 is 10.2. The molecule has 84 valence electrons. The third-order valence-electron chi connectivity index (χ3n) is 1.78. The summed E-state index contributed by atoms with van der Waals surface area (Å²) in [5.41, 5.74) is 0. The maximum Gasteiger partial charge on any atom is 0.308 e. The Morgan fingerprint density at radius 2 is 1.71 bits per heavy atom. The highest BCUT2D eigenvalue weighted by molar-refractivity contribution is 5.71. The summed E-state index contributed by atoms with van der Waals surface area (Å²) in [7, 11) is 0. The lowest BCUT2D eigenvalue weighted by Gasteiger charge is -2.08. The Labute approximate surface area is 86.8 Å². The fourth-order valence-corrected chi connectivity index (χ4v) is 0.789. The van der Waals surface area contributed by atoms with Gasteiger partial charge in [-0.1, -0.05) is 27.7 Å². The van der Waals surface area contributed by atoms with Crippen molar-refractivity contribution in [2.75, 3.05) is 19.8 Å². The van der Waals surface area contributed by atoms with E-state index in [1.807, 2.05) is 13.8 Å². The van der Waals surface area contributed by atoms with Crippen molar-refractivity contribution in [1.82, 2.24) is 0 Å². The predicted octanol–water partition coefficient (Wildman–Crippen LogP) is 2.25. The van der Waals surface area contributed by atoms with Crippen LogP contribution < -0.4 is 0 Å². The summed E-state index contributed by atoms with van der Waals surface area (Å²) in [5.74, 6) is 0.455. The number of rotatable bonds is 7. The van der Waals surface area contributed by atoms with Gasteiger partial charge in [0.05, 0.1) is 12.5 Å². The Bertz CT molecular complexity index is 153. The summed E-state index contributed by atoms with van der Waals surface area (Å²) in [6.45, 7) is 9.57. The topological polar surface area (TPSA) is 35.5 Å². The lowest BCUT2D eigenvalue weighted by molar-refractivity contribution is -0.148. The van der Waals surface area contributed by atoms with Gasteiger partial charge in [-0.2, -0.15) is 0 Å². The highest BCUT2D eigenvalue weighted by Gasteiger charge is 2.06. The van der Waals surface area contributed by atoms with Crippen molar-refractivity contribution in [3.63, 3.8) is 0 Å². The molecule has 0 radical (unpaired) electrons. The number of carbonyl (C=O) groups is 1. The second kappa shape index (κ2) is 7.80. The van der Waals surface area contributed by atoms with Crippen LogP contribution in [0.25, 0.3) is 0 Å². The van der Waals surface area contributed by atoms with Crippen LogP contribution >= 0.6 is 0 Å². The summed E-state index contributed by atoms with van der Waals surface area (Å²) in [6, 6.07) is 0. The zero-order chi connectivity index (χ0) is 11.0. The minimum Gasteiger partial charge on any atom is -0.463 e. The second-order valence-corrected chi connectivity index (χ2v) is 4.12. The number of carbonyl (C=O) groups excluding carboxylic acids is 1. The third-order valence-corrected chi connectivity index (χ3v) is 1.78. The molecule has 0 atom stereocenters. The van der Waals surface area contributed by atoms with Gasteiger partial charge in [0.2, 0.25) is 0 Å². The molecule has 0 bridgehead atoms. The molecule has 0 aliphatic rings. The highest BCUT2D eigenvalue weighted by atomic mass is 16.6. The molecule has 0 aromatic carbocycles. The molecule has 0 amide bonds. The van der Waals surface area contributed by atoms with E-state index in [0.29, 0.717) is 19.1 Å². The highest BCUT2D eigenvalue weighted by Crippen LogP contribution is 1.99. The lowest BCUT2D eigenvalue weighted by Crippen LogP contribution is -2.15. The summed E-state index contributed by atoms with van der Waals surface area (Å²) in [6.07, 6.45) is 1.05. The molecule has 0 heterocycles. The largest absolute Gasteiger partial charge is 0.463 e. The number of hydrogen-bond donors (Lipinski definition) is 0. The summed E-state index contributed by atoms with van der Waals surface area (Å²) in [5, 5.41) is 0. The Kier molecular flexibility index (Phi) is 7.48. The zero-order valence-corrected chi connectivity index (χ0v) is 9.71. The van der Waals surface area contributed by atoms with Gasteiger partial charge >= 0.3 is 5.97 Å².